The summed E-state index contributed by atoms with van der Waals surface area (Å²) in [5.41, 5.74) is -1.55. The molecule has 2 amide bonds. The van der Waals surface area contributed by atoms with Gasteiger partial charge < -0.3 is 19.6 Å². The van der Waals surface area contributed by atoms with E-state index in [0.29, 0.717) is 30.4 Å². The maximum Gasteiger partial charge on any atom is 0.335 e. The van der Waals surface area contributed by atoms with Crippen LogP contribution in [0.5, 0.6) is 5.75 Å². The van der Waals surface area contributed by atoms with Crippen molar-refractivity contribution in [3.8, 4) is 5.75 Å². The summed E-state index contributed by atoms with van der Waals surface area (Å²) >= 11 is 0. The van der Waals surface area contributed by atoms with Crippen molar-refractivity contribution < 1.29 is 32.6 Å². The zero-order chi connectivity index (χ0) is 34.8. The molecule has 6 rings (SSSR count). The van der Waals surface area contributed by atoms with Crippen molar-refractivity contribution >= 4 is 33.5 Å². The predicted octanol–water partition coefficient (Wildman–Crippen LogP) is 4.21. The minimum Gasteiger partial charge on any atom is -0.494 e. The number of piperidine rings is 1. The van der Waals surface area contributed by atoms with Gasteiger partial charge >= 0.3 is 5.97 Å². The first-order valence-corrected chi connectivity index (χ1v) is 18.5. The van der Waals surface area contributed by atoms with Crippen LogP contribution in [0.15, 0.2) is 77.7 Å². The van der Waals surface area contributed by atoms with Crippen molar-refractivity contribution in [1.82, 2.24) is 14.7 Å². The van der Waals surface area contributed by atoms with Gasteiger partial charge in [-0.25, -0.2) is 17.5 Å². The number of anilines is 1. The molecule has 1 unspecified atom stereocenters. The SMILES string of the molecule is CCCN1CCN(C2CCN(C(=O)CC3(c4ccccc4OCC)C(=O)N(S(=O)(=O)c4ccccc4)c4ccc(C(=O)O)cc43)CC2)CC1. The summed E-state index contributed by atoms with van der Waals surface area (Å²) < 4.78 is 35.2. The van der Waals surface area contributed by atoms with E-state index in [9.17, 15) is 23.1 Å². The highest BCUT2D eigenvalue weighted by molar-refractivity contribution is 7.93. The summed E-state index contributed by atoms with van der Waals surface area (Å²) in [6.07, 6.45) is 2.33. The van der Waals surface area contributed by atoms with Gasteiger partial charge in [0, 0.05) is 57.3 Å². The van der Waals surface area contributed by atoms with Crippen molar-refractivity contribution in [1.29, 1.82) is 0 Å². The lowest BCUT2D eigenvalue weighted by atomic mass is 9.71. The van der Waals surface area contributed by atoms with Gasteiger partial charge in [-0.1, -0.05) is 43.3 Å². The van der Waals surface area contributed by atoms with Gasteiger partial charge in [0.25, 0.3) is 15.9 Å². The molecule has 1 atom stereocenters. The van der Waals surface area contributed by atoms with E-state index in [1.54, 1.807) is 54.3 Å². The number of hydrogen-bond acceptors (Lipinski definition) is 8. The fourth-order valence-electron chi connectivity index (χ4n) is 7.64. The summed E-state index contributed by atoms with van der Waals surface area (Å²) in [6, 6.07) is 18.7. The van der Waals surface area contributed by atoms with Crippen LogP contribution in [0.25, 0.3) is 0 Å². The molecule has 1 N–H and O–H groups in total. The Hall–Kier alpha value is -4.26. The third kappa shape index (κ3) is 6.44. The number of likely N-dealkylation sites (tertiary alicyclic amines) is 1. The Bertz CT molecular complexity index is 1800. The molecular formula is C37H44N4O7S. The summed E-state index contributed by atoms with van der Waals surface area (Å²) in [7, 11) is -4.47. The molecular weight excluding hydrogens is 644 g/mol. The number of nitrogens with zero attached hydrogens (tertiary/aromatic N) is 4. The molecule has 3 aromatic carbocycles. The summed E-state index contributed by atoms with van der Waals surface area (Å²) in [5, 5.41) is 10.0. The lowest BCUT2D eigenvalue weighted by Gasteiger charge is -2.43. The second kappa shape index (κ2) is 14.3. The number of sulfonamides is 1. The average Bonchev–Trinajstić information content (AvgIpc) is 3.37. The van der Waals surface area contributed by atoms with E-state index in [4.69, 9.17) is 4.74 Å². The molecule has 0 aliphatic carbocycles. The number of carboxylic acids is 1. The Morgan fingerprint density at radius 2 is 1.55 bits per heavy atom. The first-order valence-electron chi connectivity index (χ1n) is 17.1. The summed E-state index contributed by atoms with van der Waals surface area (Å²) in [6.45, 7) is 10.4. The number of ether oxygens (including phenoxy) is 1. The van der Waals surface area contributed by atoms with Crippen molar-refractivity contribution in [2.45, 2.75) is 55.9 Å². The Kier molecular flexibility index (Phi) is 10.1. The van der Waals surface area contributed by atoms with E-state index in [1.807, 2.05) is 0 Å². The molecule has 11 nitrogen and oxygen atoms in total. The summed E-state index contributed by atoms with van der Waals surface area (Å²) in [5.74, 6) is -2.08. The van der Waals surface area contributed by atoms with Crippen LogP contribution in [0.1, 0.15) is 61.0 Å². The molecule has 49 heavy (non-hydrogen) atoms. The van der Waals surface area contributed by atoms with Gasteiger partial charge in [0.05, 0.1) is 22.8 Å². The minimum absolute atomic E-state index is 0.0129. The number of para-hydroxylation sites is 1. The molecule has 3 aromatic rings. The first-order chi connectivity index (χ1) is 23.6. The number of amides is 2. The molecule has 12 heteroatoms. The van der Waals surface area contributed by atoms with Crippen LogP contribution >= 0.6 is 0 Å². The molecule has 0 spiro atoms. The number of carboxylic acid groups (broad SMARTS) is 1. The number of benzene rings is 3. The highest BCUT2D eigenvalue weighted by atomic mass is 32.2. The Labute approximate surface area is 288 Å². The molecule has 0 bridgehead atoms. The fraction of sp³-hybridized carbons (Fsp3) is 0.432. The van der Waals surface area contributed by atoms with E-state index in [2.05, 4.69) is 16.7 Å². The lowest BCUT2D eigenvalue weighted by Crippen LogP contribution is -2.54. The lowest BCUT2D eigenvalue weighted by molar-refractivity contribution is -0.136. The number of carbonyl (C=O) groups excluding carboxylic acids is 2. The van der Waals surface area contributed by atoms with E-state index < -0.39 is 33.7 Å². The topological polar surface area (TPSA) is 128 Å². The molecule has 260 valence electrons. The van der Waals surface area contributed by atoms with Crippen molar-refractivity contribution in [2.75, 3.05) is 56.7 Å². The quantitative estimate of drug-likeness (QED) is 0.315. The van der Waals surface area contributed by atoms with Gasteiger partial charge in [-0.15, -0.1) is 0 Å². The third-order valence-corrected chi connectivity index (χ3v) is 11.8. The van der Waals surface area contributed by atoms with Crippen LogP contribution in [0.2, 0.25) is 0 Å². The van der Waals surface area contributed by atoms with Crippen LogP contribution in [0, 0.1) is 0 Å². The third-order valence-electron chi connectivity index (χ3n) is 10.1. The average molecular weight is 689 g/mol. The maximum atomic E-state index is 15.1. The van der Waals surface area contributed by atoms with Crippen LogP contribution in [0.3, 0.4) is 0 Å². The van der Waals surface area contributed by atoms with E-state index in [0.717, 1.165) is 56.3 Å². The number of piperazine rings is 1. The van der Waals surface area contributed by atoms with Gasteiger partial charge in [-0.2, -0.15) is 0 Å². The highest BCUT2D eigenvalue weighted by Crippen LogP contribution is 2.53. The van der Waals surface area contributed by atoms with Crippen molar-refractivity contribution in [2.24, 2.45) is 0 Å². The monoisotopic (exact) mass is 688 g/mol. The van der Waals surface area contributed by atoms with Gasteiger partial charge in [0.15, 0.2) is 0 Å². The number of fused-ring (bicyclic) bond motifs is 1. The van der Waals surface area contributed by atoms with Crippen LogP contribution in [-0.4, -0.2) is 104 Å². The van der Waals surface area contributed by atoms with Crippen LogP contribution < -0.4 is 9.04 Å². The van der Waals surface area contributed by atoms with E-state index in [1.165, 1.54) is 30.3 Å². The standard InChI is InChI=1S/C37H44N4O7S/c1-3-18-38-21-23-39(24-22-38)28-16-19-40(20-17-28)34(42)26-37(30-12-8-9-13-33(30)48-4-2)31-25-27(35(43)44)14-15-32(31)41(36(37)45)49(46,47)29-10-6-5-7-11-29/h5-15,25,28H,3-4,16-24,26H2,1-2H3,(H,43,44). The molecule has 3 heterocycles. The predicted molar refractivity (Wildman–Crippen MR) is 185 cm³/mol. The molecule has 3 aliphatic rings. The smallest absolute Gasteiger partial charge is 0.335 e. The van der Waals surface area contributed by atoms with Crippen molar-refractivity contribution in [3.63, 3.8) is 0 Å². The first kappa shape index (κ1) is 34.6. The zero-order valence-electron chi connectivity index (χ0n) is 28.1. The van der Waals surface area contributed by atoms with E-state index >= 15 is 4.79 Å². The number of rotatable bonds is 11. The Balaban J connectivity index is 1.39. The molecule has 0 aromatic heterocycles. The molecule has 0 saturated carbocycles. The molecule has 3 aliphatic heterocycles. The normalized spacial score (nSPS) is 20.7. The molecule has 2 saturated heterocycles. The molecule has 2 fully saturated rings. The van der Waals surface area contributed by atoms with Crippen LogP contribution in [0.4, 0.5) is 5.69 Å². The number of carbonyl (C=O) groups is 3. The largest absolute Gasteiger partial charge is 0.494 e. The van der Waals surface area contributed by atoms with Gasteiger partial charge in [-0.05, 0) is 74.7 Å². The summed E-state index contributed by atoms with van der Waals surface area (Å²) in [4.78, 5) is 48.4. The van der Waals surface area contributed by atoms with Crippen LogP contribution in [-0.2, 0) is 25.0 Å². The second-order valence-electron chi connectivity index (χ2n) is 12.9. The van der Waals surface area contributed by atoms with E-state index in [-0.39, 0.29) is 34.2 Å². The van der Waals surface area contributed by atoms with Gasteiger partial charge in [0.2, 0.25) is 5.91 Å². The van der Waals surface area contributed by atoms with Crippen molar-refractivity contribution in [3.05, 3.63) is 89.5 Å². The number of aromatic carboxylic acids is 1. The fourth-order valence-corrected chi connectivity index (χ4v) is 9.14. The Morgan fingerprint density at radius 1 is 0.878 bits per heavy atom. The van der Waals surface area contributed by atoms with Gasteiger partial charge in [0.1, 0.15) is 11.2 Å². The molecule has 0 radical (unpaired) electrons. The number of hydrogen-bond donors (Lipinski definition) is 1. The highest BCUT2D eigenvalue weighted by Gasteiger charge is 2.58. The zero-order valence-corrected chi connectivity index (χ0v) is 28.9. The maximum absolute atomic E-state index is 15.1. The second-order valence-corrected chi connectivity index (χ2v) is 14.7. The van der Waals surface area contributed by atoms with Gasteiger partial charge in [-0.3, -0.25) is 14.5 Å². The minimum atomic E-state index is -4.47. The Morgan fingerprint density at radius 3 is 2.20 bits per heavy atom.